The van der Waals surface area contributed by atoms with Crippen LogP contribution >= 0.6 is 34.5 Å². The topological polar surface area (TPSA) is 47.0 Å². The minimum atomic E-state index is 0.575. The lowest BCUT2D eigenvalue weighted by Gasteiger charge is -2.11. The van der Waals surface area contributed by atoms with Gasteiger partial charge in [0.15, 0.2) is 0 Å². The molecule has 1 N–H and O–H groups in total. The fraction of sp³-hybridized carbons (Fsp3) is 0.143. The quantitative estimate of drug-likeness (QED) is 0.366. The van der Waals surface area contributed by atoms with Crippen LogP contribution in [0.25, 0.3) is 21.3 Å². The molecular weight excluding hydrogens is 413 g/mol. The number of aryl methyl sites for hydroxylation is 1. The highest BCUT2D eigenvalue weighted by atomic mass is 35.5. The van der Waals surface area contributed by atoms with Crippen LogP contribution in [-0.4, -0.2) is 16.6 Å². The number of nitrogens with zero attached hydrogens (tertiary/aromatic N) is 2. The SMILES string of the molecule is CCOc1ccc(-c2c(C)sc3ncnc(Nc4cc(Cl)ccc4Cl)c23)cc1. The van der Waals surface area contributed by atoms with Crippen LogP contribution in [0.3, 0.4) is 0 Å². The molecule has 7 heteroatoms. The molecule has 0 unspecified atom stereocenters. The first-order valence-electron chi connectivity index (χ1n) is 8.76. The van der Waals surface area contributed by atoms with Crippen molar-refractivity contribution in [3.05, 3.63) is 63.7 Å². The van der Waals surface area contributed by atoms with Crippen molar-refractivity contribution in [2.45, 2.75) is 13.8 Å². The number of hydrogen-bond acceptors (Lipinski definition) is 5. The molecule has 0 bridgehead atoms. The zero-order chi connectivity index (χ0) is 19.7. The molecule has 28 heavy (non-hydrogen) atoms. The van der Waals surface area contributed by atoms with Crippen LogP contribution in [0.4, 0.5) is 11.5 Å². The molecule has 0 amide bonds. The number of hydrogen-bond donors (Lipinski definition) is 1. The Labute approximate surface area is 177 Å². The molecule has 0 radical (unpaired) electrons. The second-order valence-electron chi connectivity index (χ2n) is 6.14. The van der Waals surface area contributed by atoms with Crippen molar-refractivity contribution in [1.82, 2.24) is 9.97 Å². The van der Waals surface area contributed by atoms with Crippen molar-refractivity contribution >= 4 is 56.3 Å². The first kappa shape index (κ1) is 19.0. The minimum Gasteiger partial charge on any atom is -0.494 e. The number of halogens is 2. The molecule has 0 aliphatic heterocycles. The standard InChI is InChI=1S/C21H17Cl2N3OS/c1-3-27-15-7-4-13(5-8-15)18-12(2)28-21-19(18)20(24-11-25-21)26-17-10-14(22)6-9-16(17)23/h4-11H,3H2,1-2H3,(H,24,25,26). The third-order valence-corrected chi connectivity index (χ3v) is 5.88. The summed E-state index contributed by atoms with van der Waals surface area (Å²) in [6.07, 6.45) is 1.56. The molecule has 4 nitrogen and oxygen atoms in total. The number of thiophene rings is 1. The number of fused-ring (bicyclic) bond motifs is 1. The highest BCUT2D eigenvalue weighted by Crippen LogP contribution is 2.42. The van der Waals surface area contributed by atoms with Gasteiger partial charge in [0.1, 0.15) is 22.7 Å². The van der Waals surface area contributed by atoms with E-state index in [1.807, 2.05) is 19.1 Å². The molecular formula is C21H17Cl2N3OS. The summed E-state index contributed by atoms with van der Waals surface area (Å²) in [5.41, 5.74) is 2.89. The fourth-order valence-electron chi connectivity index (χ4n) is 3.09. The van der Waals surface area contributed by atoms with Gasteiger partial charge in [-0.15, -0.1) is 11.3 Å². The summed E-state index contributed by atoms with van der Waals surface area (Å²) in [5, 5.41) is 5.47. The predicted octanol–water partition coefficient (Wildman–Crippen LogP) is 7.12. The van der Waals surface area contributed by atoms with Crippen LogP contribution in [0.15, 0.2) is 48.8 Å². The van der Waals surface area contributed by atoms with Crippen LogP contribution in [0.5, 0.6) is 5.75 Å². The molecule has 2 heterocycles. The van der Waals surface area contributed by atoms with E-state index in [9.17, 15) is 0 Å². The van der Waals surface area contributed by atoms with E-state index < -0.39 is 0 Å². The molecule has 0 fully saturated rings. The average Bonchev–Trinajstić information content (AvgIpc) is 3.02. The maximum atomic E-state index is 6.33. The molecule has 0 aliphatic carbocycles. The van der Waals surface area contributed by atoms with Crippen LogP contribution in [0, 0.1) is 6.92 Å². The van der Waals surface area contributed by atoms with Gasteiger partial charge in [-0.3, -0.25) is 0 Å². The summed E-state index contributed by atoms with van der Waals surface area (Å²) >= 11 is 14.1. The Balaban J connectivity index is 1.84. The molecule has 142 valence electrons. The summed E-state index contributed by atoms with van der Waals surface area (Å²) in [5.74, 6) is 1.55. The van der Waals surface area contributed by atoms with E-state index in [0.29, 0.717) is 28.2 Å². The lowest BCUT2D eigenvalue weighted by atomic mass is 10.0. The maximum Gasteiger partial charge on any atom is 0.143 e. The third kappa shape index (κ3) is 3.65. The first-order chi connectivity index (χ1) is 13.6. The Morgan fingerprint density at radius 2 is 1.86 bits per heavy atom. The van der Waals surface area contributed by atoms with E-state index in [1.54, 1.807) is 35.9 Å². The molecule has 0 spiro atoms. The number of rotatable bonds is 5. The van der Waals surface area contributed by atoms with Gasteiger partial charge in [0.25, 0.3) is 0 Å². The van der Waals surface area contributed by atoms with Gasteiger partial charge in [-0.1, -0.05) is 35.3 Å². The van der Waals surface area contributed by atoms with Gasteiger partial charge in [0.2, 0.25) is 0 Å². The second kappa shape index (κ2) is 7.95. The van der Waals surface area contributed by atoms with Gasteiger partial charge < -0.3 is 10.1 Å². The Kier molecular flexibility index (Phi) is 5.40. The average molecular weight is 430 g/mol. The molecule has 4 aromatic rings. The smallest absolute Gasteiger partial charge is 0.143 e. The lowest BCUT2D eigenvalue weighted by molar-refractivity contribution is 0.340. The number of aromatic nitrogens is 2. The number of benzene rings is 2. The van der Waals surface area contributed by atoms with Gasteiger partial charge in [0.05, 0.1) is 22.7 Å². The van der Waals surface area contributed by atoms with Crippen molar-refractivity contribution < 1.29 is 4.74 Å². The van der Waals surface area contributed by atoms with Crippen LogP contribution < -0.4 is 10.1 Å². The molecule has 4 rings (SSSR count). The summed E-state index contributed by atoms with van der Waals surface area (Å²) < 4.78 is 5.56. The van der Waals surface area contributed by atoms with Crippen molar-refractivity contribution in [3.63, 3.8) is 0 Å². The third-order valence-electron chi connectivity index (χ3n) is 4.30. The molecule has 2 aromatic carbocycles. The zero-order valence-corrected chi connectivity index (χ0v) is 17.6. The number of ether oxygens (including phenoxy) is 1. The van der Waals surface area contributed by atoms with Gasteiger partial charge in [-0.05, 0) is 49.7 Å². The van der Waals surface area contributed by atoms with Gasteiger partial charge in [0, 0.05) is 15.5 Å². The zero-order valence-electron chi connectivity index (χ0n) is 15.3. The minimum absolute atomic E-state index is 0.575. The molecule has 0 aliphatic rings. The van der Waals surface area contributed by atoms with E-state index >= 15 is 0 Å². The normalized spacial score (nSPS) is 11.0. The van der Waals surface area contributed by atoms with Crippen molar-refractivity contribution in [1.29, 1.82) is 0 Å². The summed E-state index contributed by atoms with van der Waals surface area (Å²) in [4.78, 5) is 11.0. The molecule has 2 aromatic heterocycles. The first-order valence-corrected chi connectivity index (χ1v) is 10.3. The molecule has 0 saturated carbocycles. The Bertz CT molecular complexity index is 1140. The van der Waals surface area contributed by atoms with Crippen LogP contribution in [0.1, 0.15) is 11.8 Å². The summed E-state index contributed by atoms with van der Waals surface area (Å²) in [6.45, 7) is 4.71. The second-order valence-corrected chi connectivity index (χ2v) is 8.19. The molecule has 0 atom stereocenters. The highest BCUT2D eigenvalue weighted by Gasteiger charge is 2.17. The lowest BCUT2D eigenvalue weighted by Crippen LogP contribution is -1.96. The van der Waals surface area contributed by atoms with Crippen LogP contribution in [0.2, 0.25) is 10.0 Å². The van der Waals surface area contributed by atoms with E-state index in [0.717, 1.165) is 27.1 Å². The van der Waals surface area contributed by atoms with E-state index in [1.165, 1.54) is 4.88 Å². The maximum absolute atomic E-state index is 6.33. The van der Waals surface area contributed by atoms with E-state index in [-0.39, 0.29) is 0 Å². The fourth-order valence-corrected chi connectivity index (χ4v) is 4.44. The highest BCUT2D eigenvalue weighted by molar-refractivity contribution is 7.19. The Morgan fingerprint density at radius 1 is 1.07 bits per heavy atom. The van der Waals surface area contributed by atoms with Gasteiger partial charge in [-0.25, -0.2) is 9.97 Å². The van der Waals surface area contributed by atoms with Crippen molar-refractivity contribution in [2.75, 3.05) is 11.9 Å². The predicted molar refractivity (Wildman–Crippen MR) is 119 cm³/mol. The van der Waals surface area contributed by atoms with E-state index in [2.05, 4.69) is 34.3 Å². The van der Waals surface area contributed by atoms with Crippen LogP contribution in [-0.2, 0) is 0 Å². The number of anilines is 2. The van der Waals surface area contributed by atoms with E-state index in [4.69, 9.17) is 27.9 Å². The number of nitrogens with one attached hydrogen (secondary N) is 1. The summed E-state index contributed by atoms with van der Waals surface area (Å²) in [7, 11) is 0. The van der Waals surface area contributed by atoms with Crippen molar-refractivity contribution in [3.8, 4) is 16.9 Å². The van der Waals surface area contributed by atoms with Gasteiger partial charge >= 0.3 is 0 Å². The summed E-state index contributed by atoms with van der Waals surface area (Å²) in [6, 6.07) is 13.4. The van der Waals surface area contributed by atoms with Crippen molar-refractivity contribution in [2.24, 2.45) is 0 Å². The van der Waals surface area contributed by atoms with Gasteiger partial charge in [-0.2, -0.15) is 0 Å². The molecule has 0 saturated heterocycles. The monoisotopic (exact) mass is 429 g/mol. The Morgan fingerprint density at radius 3 is 2.61 bits per heavy atom. The Hall–Kier alpha value is -2.34. The largest absolute Gasteiger partial charge is 0.494 e.